The fourth-order valence-electron chi connectivity index (χ4n) is 4.74. The number of carbonyl (C=O) groups is 1. The van der Waals surface area contributed by atoms with Crippen molar-refractivity contribution in [2.24, 2.45) is 0 Å². The van der Waals surface area contributed by atoms with Crippen LogP contribution in [0.5, 0.6) is 0 Å². The Morgan fingerprint density at radius 1 is 1.15 bits per heavy atom. The van der Waals surface area contributed by atoms with Crippen LogP contribution in [0.1, 0.15) is 35.0 Å². The molecule has 3 heterocycles. The molecule has 0 atom stereocenters. The average Bonchev–Trinajstić information content (AvgIpc) is 3.47. The first-order valence-electron chi connectivity index (χ1n) is 11.8. The molecule has 0 spiro atoms. The van der Waals surface area contributed by atoms with E-state index >= 15 is 0 Å². The third kappa shape index (κ3) is 4.50. The van der Waals surface area contributed by atoms with Gasteiger partial charge in [-0.1, -0.05) is 6.07 Å². The molecule has 7 nitrogen and oxygen atoms in total. The molecular formula is C27H28N4O3. The second kappa shape index (κ2) is 9.62. The van der Waals surface area contributed by atoms with Gasteiger partial charge in [0.25, 0.3) is 0 Å². The number of nitriles is 1. The molecule has 0 aliphatic carbocycles. The molecule has 1 saturated heterocycles. The number of hydrogen-bond donors (Lipinski definition) is 1. The van der Waals surface area contributed by atoms with Crippen LogP contribution in [0.15, 0.2) is 53.1 Å². The summed E-state index contributed by atoms with van der Waals surface area (Å²) in [6.07, 6.45) is 4.14. The van der Waals surface area contributed by atoms with Crippen LogP contribution in [0.3, 0.4) is 0 Å². The van der Waals surface area contributed by atoms with Gasteiger partial charge in [0, 0.05) is 60.4 Å². The van der Waals surface area contributed by atoms with Crippen molar-refractivity contribution < 1.29 is 13.9 Å². The summed E-state index contributed by atoms with van der Waals surface area (Å²) < 4.78 is 10.6. The first-order chi connectivity index (χ1) is 16.6. The Labute approximate surface area is 198 Å². The Kier molecular flexibility index (Phi) is 6.24. The van der Waals surface area contributed by atoms with Gasteiger partial charge in [0.15, 0.2) is 0 Å². The molecule has 7 heteroatoms. The Hall–Kier alpha value is -3.76. The minimum atomic E-state index is -0.281. The topological polar surface area (TPSA) is 85.5 Å². The maximum atomic E-state index is 12.0. The van der Waals surface area contributed by atoms with Gasteiger partial charge in [-0.2, -0.15) is 5.26 Å². The van der Waals surface area contributed by atoms with Crippen molar-refractivity contribution in [3.8, 4) is 6.07 Å². The largest absolute Gasteiger partial charge is 0.462 e. The molecule has 2 aromatic heterocycles. The maximum absolute atomic E-state index is 12.0. The Morgan fingerprint density at radius 3 is 2.79 bits per heavy atom. The molecule has 174 valence electrons. The fourth-order valence-corrected chi connectivity index (χ4v) is 4.74. The van der Waals surface area contributed by atoms with Crippen molar-refractivity contribution >= 4 is 33.5 Å². The third-order valence-electron chi connectivity index (χ3n) is 6.55. The number of fused-ring (bicyclic) bond motifs is 2. The highest BCUT2D eigenvalue weighted by atomic mass is 16.5. The fraction of sp³-hybridized carbons (Fsp3) is 0.333. The van der Waals surface area contributed by atoms with Gasteiger partial charge in [-0.15, -0.1) is 0 Å². The van der Waals surface area contributed by atoms with Crippen molar-refractivity contribution in [3.63, 3.8) is 0 Å². The zero-order valence-electron chi connectivity index (χ0n) is 19.3. The summed E-state index contributed by atoms with van der Waals surface area (Å²) >= 11 is 0. The predicted molar refractivity (Wildman–Crippen MR) is 132 cm³/mol. The lowest BCUT2D eigenvalue weighted by atomic mass is 10.1. The van der Waals surface area contributed by atoms with Crippen molar-refractivity contribution in [1.29, 1.82) is 5.26 Å². The number of furan rings is 1. The minimum absolute atomic E-state index is 0.281. The van der Waals surface area contributed by atoms with Gasteiger partial charge < -0.3 is 19.0 Å². The summed E-state index contributed by atoms with van der Waals surface area (Å²) in [6.45, 7) is 7.29. The first kappa shape index (κ1) is 22.1. The summed E-state index contributed by atoms with van der Waals surface area (Å²) in [6, 6.07) is 15.7. The third-order valence-corrected chi connectivity index (χ3v) is 6.55. The maximum Gasteiger partial charge on any atom is 0.338 e. The Bertz CT molecular complexity index is 1360. The number of benzene rings is 2. The van der Waals surface area contributed by atoms with E-state index in [1.54, 1.807) is 6.07 Å². The normalized spacial score (nSPS) is 14.5. The highest BCUT2D eigenvalue weighted by molar-refractivity contribution is 5.95. The lowest BCUT2D eigenvalue weighted by Gasteiger charge is -2.36. The zero-order valence-corrected chi connectivity index (χ0v) is 19.3. The molecule has 0 saturated carbocycles. The first-order valence-corrected chi connectivity index (χ1v) is 11.8. The molecule has 5 rings (SSSR count). The minimum Gasteiger partial charge on any atom is -0.462 e. The standard InChI is InChI=1S/C27H28N4O3/c1-2-33-27(32)19-5-7-24-20(18-29-25(24)16-19)4-3-9-30-10-12-31(13-11-30)22-6-8-26-21(14-22)15-23(17-28)34-26/h5-8,14-16,18,29H,2-4,9-13H2,1H3. The van der Waals surface area contributed by atoms with Gasteiger partial charge in [0.05, 0.1) is 12.2 Å². The summed E-state index contributed by atoms with van der Waals surface area (Å²) in [5.41, 5.74) is 4.78. The van der Waals surface area contributed by atoms with Crippen LogP contribution >= 0.6 is 0 Å². The summed E-state index contributed by atoms with van der Waals surface area (Å²) in [4.78, 5) is 20.2. The number of aryl methyl sites for hydroxylation is 1. The van der Waals surface area contributed by atoms with Crippen molar-refractivity contribution in [3.05, 3.63) is 65.5 Å². The van der Waals surface area contributed by atoms with Crippen molar-refractivity contribution in [2.75, 3.05) is 44.2 Å². The molecule has 2 aromatic carbocycles. The number of carbonyl (C=O) groups excluding carboxylic acids is 1. The zero-order chi connectivity index (χ0) is 23.5. The van der Waals surface area contributed by atoms with E-state index < -0.39 is 0 Å². The van der Waals surface area contributed by atoms with E-state index in [9.17, 15) is 4.79 Å². The number of nitrogens with zero attached hydrogens (tertiary/aromatic N) is 3. The van der Waals surface area contributed by atoms with Gasteiger partial charge in [0.2, 0.25) is 5.76 Å². The van der Waals surface area contributed by atoms with Crippen LogP contribution in [0, 0.1) is 11.3 Å². The van der Waals surface area contributed by atoms with Gasteiger partial charge in [-0.3, -0.25) is 4.90 Å². The molecular weight excluding hydrogens is 428 g/mol. The molecule has 0 amide bonds. The Morgan fingerprint density at radius 2 is 2.00 bits per heavy atom. The summed E-state index contributed by atoms with van der Waals surface area (Å²) in [5.74, 6) is 0.0721. The molecule has 0 bridgehead atoms. The quantitative estimate of drug-likeness (QED) is 0.405. The number of H-pyrrole nitrogens is 1. The summed E-state index contributed by atoms with van der Waals surface area (Å²) in [5, 5.41) is 11.2. The highest BCUT2D eigenvalue weighted by Crippen LogP contribution is 2.26. The molecule has 1 N–H and O–H groups in total. The number of nitrogens with one attached hydrogen (secondary N) is 1. The summed E-state index contributed by atoms with van der Waals surface area (Å²) in [7, 11) is 0. The monoisotopic (exact) mass is 456 g/mol. The Balaban J connectivity index is 1.13. The molecule has 0 radical (unpaired) electrons. The molecule has 34 heavy (non-hydrogen) atoms. The number of esters is 1. The smallest absolute Gasteiger partial charge is 0.338 e. The number of aromatic nitrogens is 1. The van der Waals surface area contributed by atoms with Crippen molar-refractivity contribution in [1.82, 2.24) is 9.88 Å². The molecule has 1 aliphatic heterocycles. The van der Waals surface area contributed by atoms with Crippen molar-refractivity contribution in [2.45, 2.75) is 19.8 Å². The number of ether oxygens (including phenoxy) is 1. The van der Waals surface area contributed by atoms with E-state index in [-0.39, 0.29) is 5.97 Å². The van der Waals surface area contributed by atoms with E-state index in [4.69, 9.17) is 14.4 Å². The number of aromatic amines is 1. The lowest BCUT2D eigenvalue weighted by Crippen LogP contribution is -2.46. The van der Waals surface area contributed by atoms with Gasteiger partial charge in [0.1, 0.15) is 11.7 Å². The highest BCUT2D eigenvalue weighted by Gasteiger charge is 2.18. The van der Waals surface area contributed by atoms with E-state index in [0.29, 0.717) is 17.9 Å². The number of rotatable bonds is 7. The number of anilines is 1. The van der Waals surface area contributed by atoms with Crippen LogP contribution in [0.4, 0.5) is 5.69 Å². The molecule has 4 aromatic rings. The lowest BCUT2D eigenvalue weighted by molar-refractivity contribution is 0.0526. The van der Waals surface area contributed by atoms with Crippen LogP contribution in [-0.2, 0) is 11.2 Å². The predicted octanol–water partition coefficient (Wildman–Crippen LogP) is 4.72. The van der Waals surface area contributed by atoms with Gasteiger partial charge in [-0.25, -0.2) is 4.79 Å². The van der Waals surface area contributed by atoms with Gasteiger partial charge in [-0.05, 0) is 62.2 Å². The number of hydrogen-bond acceptors (Lipinski definition) is 6. The molecule has 1 fully saturated rings. The van der Waals surface area contributed by atoms with Crippen LogP contribution in [0.25, 0.3) is 21.9 Å². The van der Waals surface area contributed by atoms with Crippen LogP contribution in [-0.4, -0.2) is 55.2 Å². The van der Waals surface area contributed by atoms with E-state index in [0.717, 1.165) is 62.1 Å². The second-order valence-electron chi connectivity index (χ2n) is 8.67. The van der Waals surface area contributed by atoms with E-state index in [1.165, 1.54) is 16.6 Å². The van der Waals surface area contributed by atoms with Gasteiger partial charge >= 0.3 is 5.97 Å². The van der Waals surface area contributed by atoms with E-state index in [1.807, 2.05) is 31.2 Å². The SMILES string of the molecule is CCOC(=O)c1ccc2c(CCCN3CCN(c4ccc5oc(C#N)cc5c4)CC3)c[nH]c2c1. The molecule has 1 aliphatic rings. The van der Waals surface area contributed by atoms with Crippen LogP contribution in [0.2, 0.25) is 0 Å². The second-order valence-corrected chi connectivity index (χ2v) is 8.67. The average molecular weight is 457 g/mol. The van der Waals surface area contributed by atoms with E-state index in [2.05, 4.69) is 39.2 Å². The van der Waals surface area contributed by atoms with Crippen LogP contribution < -0.4 is 4.90 Å². The molecule has 0 unspecified atom stereocenters. The number of piperazine rings is 1.